The maximum absolute atomic E-state index is 5.52. The monoisotopic (exact) mass is 258 g/mol. The summed E-state index contributed by atoms with van der Waals surface area (Å²) in [5, 5.41) is 8.63. The van der Waals surface area contributed by atoms with E-state index in [2.05, 4.69) is 33.1 Å². The van der Waals surface area contributed by atoms with Gasteiger partial charge in [0.1, 0.15) is 5.76 Å². The van der Waals surface area contributed by atoms with Gasteiger partial charge in [-0.1, -0.05) is 18.3 Å². The van der Waals surface area contributed by atoms with Crippen molar-refractivity contribution in [1.29, 1.82) is 0 Å². The van der Waals surface area contributed by atoms with E-state index in [1.54, 1.807) is 0 Å². The van der Waals surface area contributed by atoms with E-state index in [-0.39, 0.29) is 0 Å². The first-order chi connectivity index (χ1) is 6.29. The summed E-state index contributed by atoms with van der Waals surface area (Å²) in [5.41, 5.74) is 0. The van der Waals surface area contributed by atoms with Crippen LogP contribution in [0, 0.1) is 0 Å². The highest BCUT2D eigenvalue weighted by Crippen LogP contribution is 2.27. The molecule has 0 saturated carbocycles. The lowest BCUT2D eigenvalue weighted by molar-refractivity contribution is 0.528. The van der Waals surface area contributed by atoms with Crippen molar-refractivity contribution in [3.8, 4) is 10.8 Å². The number of nitrogens with zero attached hydrogens (tertiary/aromatic N) is 2. The number of hydrogen-bond acceptors (Lipinski definition) is 4. The van der Waals surface area contributed by atoms with Gasteiger partial charge in [-0.2, -0.15) is 0 Å². The highest BCUT2D eigenvalue weighted by Gasteiger charge is 2.08. The lowest BCUT2D eigenvalue weighted by Crippen LogP contribution is -1.72. The van der Waals surface area contributed by atoms with Gasteiger partial charge in [0.05, 0.1) is 0 Å². The highest BCUT2D eigenvalue weighted by molar-refractivity contribution is 9.11. The third kappa shape index (κ3) is 1.81. The normalized spacial score (nSPS) is 10.6. The molecular formula is C8H7BrN2OS. The van der Waals surface area contributed by atoms with E-state index in [1.807, 2.05) is 12.1 Å². The third-order valence-corrected chi connectivity index (χ3v) is 2.99. The third-order valence-electron chi connectivity index (χ3n) is 1.62. The molecular weight excluding hydrogens is 252 g/mol. The zero-order chi connectivity index (χ0) is 9.26. The second-order valence-electron chi connectivity index (χ2n) is 2.48. The van der Waals surface area contributed by atoms with E-state index in [4.69, 9.17) is 4.42 Å². The fourth-order valence-electron chi connectivity index (χ4n) is 0.988. The summed E-state index contributed by atoms with van der Waals surface area (Å²) in [4.78, 5) is 0. The number of hydrogen-bond donors (Lipinski definition) is 0. The van der Waals surface area contributed by atoms with Gasteiger partial charge in [-0.05, 0) is 28.1 Å². The molecule has 0 atom stereocenters. The van der Waals surface area contributed by atoms with E-state index in [1.165, 1.54) is 11.3 Å². The molecule has 2 heterocycles. The topological polar surface area (TPSA) is 38.9 Å². The molecule has 2 rings (SSSR count). The Labute approximate surface area is 87.9 Å². The van der Waals surface area contributed by atoms with Crippen molar-refractivity contribution < 1.29 is 4.42 Å². The molecule has 0 radical (unpaired) electrons. The van der Waals surface area contributed by atoms with Crippen LogP contribution in [0.4, 0.5) is 0 Å². The van der Waals surface area contributed by atoms with Gasteiger partial charge < -0.3 is 4.42 Å². The first-order valence-electron chi connectivity index (χ1n) is 3.87. The van der Waals surface area contributed by atoms with E-state index < -0.39 is 0 Å². The van der Waals surface area contributed by atoms with Crippen LogP contribution in [0.3, 0.4) is 0 Å². The molecule has 0 amide bonds. The number of rotatable bonds is 2. The molecule has 2 aromatic heterocycles. The van der Waals surface area contributed by atoms with Crippen molar-refractivity contribution in [2.45, 2.75) is 13.3 Å². The van der Waals surface area contributed by atoms with Crippen LogP contribution in [-0.4, -0.2) is 10.2 Å². The largest absolute Gasteiger partial charge is 0.459 e. The average molecular weight is 259 g/mol. The molecule has 5 heteroatoms. The molecule has 0 aromatic carbocycles. The fourth-order valence-corrected chi connectivity index (χ4v) is 2.06. The van der Waals surface area contributed by atoms with Gasteiger partial charge in [0, 0.05) is 6.42 Å². The Hall–Kier alpha value is -0.680. The quantitative estimate of drug-likeness (QED) is 0.831. The summed E-state index contributed by atoms with van der Waals surface area (Å²) in [6.45, 7) is 2.05. The van der Waals surface area contributed by atoms with Crippen LogP contribution in [-0.2, 0) is 6.42 Å². The Bertz CT molecular complexity index is 410. The average Bonchev–Trinajstić information content (AvgIpc) is 2.71. The second-order valence-corrected chi connectivity index (χ2v) is 4.73. The second kappa shape index (κ2) is 3.59. The smallest absolute Gasteiger partial charge is 0.184 e. The van der Waals surface area contributed by atoms with Crippen LogP contribution in [0.15, 0.2) is 20.5 Å². The molecule has 0 unspecified atom stereocenters. The maximum atomic E-state index is 5.52. The van der Waals surface area contributed by atoms with Crippen molar-refractivity contribution in [3.05, 3.63) is 21.8 Å². The molecule has 0 bridgehead atoms. The molecule has 13 heavy (non-hydrogen) atoms. The van der Waals surface area contributed by atoms with Gasteiger partial charge in [0.2, 0.25) is 0 Å². The molecule has 0 fully saturated rings. The predicted molar refractivity (Wildman–Crippen MR) is 54.7 cm³/mol. The van der Waals surface area contributed by atoms with Crippen LogP contribution >= 0.6 is 27.3 Å². The van der Waals surface area contributed by atoms with Crippen molar-refractivity contribution in [2.24, 2.45) is 0 Å². The summed E-state index contributed by atoms with van der Waals surface area (Å²) in [5.74, 6) is 1.77. The molecule has 3 nitrogen and oxygen atoms in total. The van der Waals surface area contributed by atoms with Crippen LogP contribution in [0.1, 0.15) is 12.7 Å². The zero-order valence-corrected chi connectivity index (χ0v) is 9.35. The first-order valence-corrected chi connectivity index (χ1v) is 5.48. The van der Waals surface area contributed by atoms with E-state index in [0.717, 1.165) is 26.9 Å². The summed E-state index contributed by atoms with van der Waals surface area (Å²) in [7, 11) is 0. The lowest BCUT2D eigenvalue weighted by atomic mass is 10.4. The molecule has 0 saturated heterocycles. The Morgan fingerprint density at radius 2 is 2.31 bits per heavy atom. The maximum Gasteiger partial charge on any atom is 0.184 e. The number of aryl methyl sites for hydroxylation is 1. The van der Waals surface area contributed by atoms with Gasteiger partial charge in [-0.15, -0.1) is 10.2 Å². The minimum Gasteiger partial charge on any atom is -0.459 e. The zero-order valence-electron chi connectivity index (χ0n) is 6.95. The van der Waals surface area contributed by atoms with Crippen molar-refractivity contribution in [3.63, 3.8) is 0 Å². The molecule has 0 spiro atoms. The summed E-state index contributed by atoms with van der Waals surface area (Å²) in [6.07, 6.45) is 0.903. The van der Waals surface area contributed by atoms with Crippen LogP contribution < -0.4 is 0 Å². The standard InChI is InChI=1S/C8H7BrN2OS/c1-2-5-3-4-6(12-5)7-10-11-8(9)13-7/h3-4H,2H2,1H3. The van der Waals surface area contributed by atoms with Crippen LogP contribution in [0.25, 0.3) is 10.8 Å². The van der Waals surface area contributed by atoms with Crippen molar-refractivity contribution in [1.82, 2.24) is 10.2 Å². The van der Waals surface area contributed by atoms with Crippen molar-refractivity contribution >= 4 is 27.3 Å². The molecule has 0 N–H and O–H groups in total. The Kier molecular flexibility index (Phi) is 2.46. The first kappa shape index (κ1) is 8.90. The van der Waals surface area contributed by atoms with Crippen LogP contribution in [0.2, 0.25) is 0 Å². The number of aromatic nitrogens is 2. The van der Waals surface area contributed by atoms with Gasteiger partial charge in [-0.3, -0.25) is 0 Å². The van der Waals surface area contributed by atoms with Gasteiger partial charge in [0.25, 0.3) is 0 Å². The Balaban J connectivity index is 2.35. The van der Waals surface area contributed by atoms with Crippen molar-refractivity contribution in [2.75, 3.05) is 0 Å². The molecule has 0 aliphatic heterocycles. The van der Waals surface area contributed by atoms with Gasteiger partial charge in [-0.25, -0.2) is 0 Å². The van der Waals surface area contributed by atoms with Gasteiger partial charge in [0.15, 0.2) is 14.7 Å². The Morgan fingerprint density at radius 1 is 1.46 bits per heavy atom. The summed E-state index contributed by atoms with van der Waals surface area (Å²) < 4.78 is 6.29. The minimum absolute atomic E-state index is 0.775. The molecule has 68 valence electrons. The van der Waals surface area contributed by atoms with E-state index >= 15 is 0 Å². The Morgan fingerprint density at radius 3 is 2.85 bits per heavy atom. The molecule has 0 aliphatic carbocycles. The van der Waals surface area contributed by atoms with E-state index in [9.17, 15) is 0 Å². The number of furan rings is 1. The fraction of sp³-hybridized carbons (Fsp3) is 0.250. The highest BCUT2D eigenvalue weighted by atomic mass is 79.9. The SMILES string of the molecule is CCc1ccc(-c2nnc(Br)s2)o1. The predicted octanol–water partition coefficient (Wildman–Crippen LogP) is 3.12. The minimum atomic E-state index is 0.775. The van der Waals surface area contributed by atoms with E-state index in [0.29, 0.717) is 0 Å². The summed E-state index contributed by atoms with van der Waals surface area (Å²) in [6, 6.07) is 3.89. The van der Waals surface area contributed by atoms with Gasteiger partial charge >= 0.3 is 0 Å². The lowest BCUT2D eigenvalue weighted by Gasteiger charge is -1.87. The molecule has 0 aliphatic rings. The summed E-state index contributed by atoms with van der Waals surface area (Å²) >= 11 is 4.72. The molecule has 2 aromatic rings. The number of halogens is 1. The van der Waals surface area contributed by atoms with Crippen LogP contribution in [0.5, 0.6) is 0 Å².